The number of Topliss-reactive ketones (excluding diaryl/α,β-unsaturated/α-hetero) is 1. The summed E-state index contributed by atoms with van der Waals surface area (Å²) in [5, 5.41) is 23.5. The Kier molecular flexibility index (Phi) is 5.85. The van der Waals surface area contributed by atoms with Crippen molar-refractivity contribution in [3.05, 3.63) is 77.4 Å². The van der Waals surface area contributed by atoms with Gasteiger partial charge in [-0.3, -0.25) is 20.2 Å². The lowest BCUT2D eigenvalue weighted by atomic mass is 10.00. The molecule has 0 unspecified atom stereocenters. The molecule has 1 aromatic heterocycles. The van der Waals surface area contributed by atoms with Gasteiger partial charge in [0.15, 0.2) is 5.78 Å². The monoisotopic (exact) mass is 366 g/mol. The molecule has 0 saturated carbocycles. The number of carbonyl (C=O) groups is 1. The van der Waals surface area contributed by atoms with E-state index in [1.54, 1.807) is 23.6 Å². The summed E-state index contributed by atoms with van der Waals surface area (Å²) >= 11 is 0. The van der Waals surface area contributed by atoms with Gasteiger partial charge < -0.3 is 15.5 Å². The van der Waals surface area contributed by atoms with Crippen LogP contribution in [0.15, 0.2) is 66.3 Å². The minimum atomic E-state index is -0.0938. The van der Waals surface area contributed by atoms with Gasteiger partial charge in [-0.05, 0) is 36.8 Å². The molecule has 0 radical (unpaired) electrons. The summed E-state index contributed by atoms with van der Waals surface area (Å²) in [4.78, 5) is 16.5. The van der Waals surface area contributed by atoms with Crippen LogP contribution in [0.2, 0.25) is 0 Å². The van der Waals surface area contributed by atoms with Crippen LogP contribution in [-0.4, -0.2) is 39.1 Å². The highest BCUT2D eigenvalue weighted by Crippen LogP contribution is 2.28. The zero-order valence-electron chi connectivity index (χ0n) is 15.0. The van der Waals surface area contributed by atoms with Crippen molar-refractivity contribution >= 4 is 17.2 Å². The number of aliphatic hydroxyl groups excluding tert-OH is 2. The van der Waals surface area contributed by atoms with Crippen LogP contribution in [0.5, 0.6) is 0 Å². The van der Waals surface area contributed by atoms with E-state index in [1.165, 1.54) is 6.92 Å². The van der Waals surface area contributed by atoms with E-state index in [1.807, 2.05) is 36.4 Å². The summed E-state index contributed by atoms with van der Waals surface area (Å²) in [5.41, 5.74) is 7.39. The van der Waals surface area contributed by atoms with Crippen molar-refractivity contribution in [1.29, 1.82) is 0 Å². The highest BCUT2D eigenvalue weighted by molar-refractivity contribution is 6.06. The van der Waals surface area contributed by atoms with E-state index in [0.29, 0.717) is 23.5 Å². The van der Waals surface area contributed by atoms with Crippen molar-refractivity contribution in [2.24, 2.45) is 0 Å². The van der Waals surface area contributed by atoms with E-state index in [-0.39, 0.29) is 19.0 Å². The number of aliphatic hydroxyl groups is 2. The SMILES string of the molecule is CC(=O)C1=C(c2ccncc2)NN(CCO)C=C1Nc1ccc(CO)cc1. The molecule has 7 nitrogen and oxygen atoms in total. The Morgan fingerprint density at radius 2 is 1.85 bits per heavy atom. The molecular weight excluding hydrogens is 344 g/mol. The van der Waals surface area contributed by atoms with Crippen LogP contribution < -0.4 is 10.7 Å². The number of carbonyl (C=O) groups excluding carboxylic acids is 1. The molecule has 1 aliphatic heterocycles. The number of aromatic nitrogens is 1. The molecule has 1 aliphatic rings. The number of anilines is 1. The molecule has 0 atom stereocenters. The number of nitrogens with one attached hydrogen (secondary N) is 2. The van der Waals surface area contributed by atoms with Crippen molar-refractivity contribution in [3.63, 3.8) is 0 Å². The Labute approximate surface area is 157 Å². The van der Waals surface area contributed by atoms with E-state index >= 15 is 0 Å². The zero-order chi connectivity index (χ0) is 19.2. The number of allylic oxidation sites excluding steroid dienone is 1. The summed E-state index contributed by atoms with van der Waals surface area (Å²) in [6.45, 7) is 1.81. The third-order valence-electron chi connectivity index (χ3n) is 4.14. The van der Waals surface area contributed by atoms with Gasteiger partial charge in [0.25, 0.3) is 0 Å². The smallest absolute Gasteiger partial charge is 0.164 e. The molecule has 0 saturated heterocycles. The lowest BCUT2D eigenvalue weighted by Gasteiger charge is -2.32. The van der Waals surface area contributed by atoms with Crippen LogP contribution in [-0.2, 0) is 11.4 Å². The average molecular weight is 366 g/mol. The topological polar surface area (TPSA) is 97.7 Å². The van der Waals surface area contributed by atoms with Crippen LogP contribution >= 0.6 is 0 Å². The second kappa shape index (κ2) is 8.48. The molecule has 2 aromatic rings. The first-order chi connectivity index (χ1) is 13.1. The molecule has 27 heavy (non-hydrogen) atoms. The summed E-state index contributed by atoms with van der Waals surface area (Å²) in [7, 11) is 0. The van der Waals surface area contributed by atoms with Crippen molar-refractivity contribution in [1.82, 2.24) is 15.4 Å². The molecule has 0 amide bonds. The molecule has 4 N–H and O–H groups in total. The number of β-amino-alcohol motifs (C(OH)–C–C–N with tert-alkyl or cyclic N) is 1. The van der Waals surface area contributed by atoms with Crippen LogP contribution in [0.3, 0.4) is 0 Å². The molecule has 140 valence electrons. The Morgan fingerprint density at radius 3 is 2.44 bits per heavy atom. The van der Waals surface area contributed by atoms with E-state index in [2.05, 4.69) is 15.7 Å². The number of pyridine rings is 1. The number of hydrazine groups is 1. The van der Waals surface area contributed by atoms with E-state index in [9.17, 15) is 15.0 Å². The minimum absolute atomic E-state index is 0.0258. The largest absolute Gasteiger partial charge is 0.394 e. The third-order valence-corrected chi connectivity index (χ3v) is 4.14. The first-order valence-corrected chi connectivity index (χ1v) is 8.61. The Morgan fingerprint density at radius 1 is 1.15 bits per heavy atom. The normalized spacial score (nSPS) is 13.9. The maximum atomic E-state index is 12.5. The summed E-state index contributed by atoms with van der Waals surface area (Å²) in [6, 6.07) is 11.0. The van der Waals surface area contributed by atoms with E-state index in [0.717, 1.165) is 16.8 Å². The van der Waals surface area contributed by atoms with Gasteiger partial charge in [-0.2, -0.15) is 0 Å². The van der Waals surface area contributed by atoms with E-state index in [4.69, 9.17) is 0 Å². The molecule has 3 rings (SSSR count). The van der Waals surface area contributed by atoms with Crippen molar-refractivity contribution < 1.29 is 15.0 Å². The number of ketones is 1. The first kappa shape index (κ1) is 18.6. The highest BCUT2D eigenvalue weighted by Gasteiger charge is 2.24. The average Bonchev–Trinajstić information content (AvgIpc) is 2.69. The van der Waals surface area contributed by atoms with E-state index < -0.39 is 0 Å². The van der Waals surface area contributed by atoms with Gasteiger partial charge in [0.2, 0.25) is 0 Å². The molecule has 2 heterocycles. The molecular formula is C20H22N4O3. The predicted molar refractivity (Wildman–Crippen MR) is 103 cm³/mol. The maximum Gasteiger partial charge on any atom is 0.164 e. The Balaban J connectivity index is 2.02. The summed E-state index contributed by atoms with van der Waals surface area (Å²) in [6.07, 6.45) is 5.09. The third kappa shape index (κ3) is 4.33. The Hall–Kier alpha value is -3.16. The van der Waals surface area contributed by atoms with Crippen LogP contribution in [0, 0.1) is 0 Å². The summed E-state index contributed by atoms with van der Waals surface area (Å²) in [5.74, 6) is -0.0938. The number of hydrogen-bond acceptors (Lipinski definition) is 7. The molecule has 0 spiro atoms. The lowest BCUT2D eigenvalue weighted by molar-refractivity contribution is -0.113. The fourth-order valence-electron chi connectivity index (χ4n) is 2.85. The van der Waals surface area contributed by atoms with Gasteiger partial charge in [-0.1, -0.05) is 12.1 Å². The zero-order valence-corrected chi connectivity index (χ0v) is 15.0. The van der Waals surface area contributed by atoms with Gasteiger partial charge in [0.05, 0.1) is 36.7 Å². The maximum absolute atomic E-state index is 12.5. The standard InChI is InChI=1S/C20H22N4O3/c1-14(27)19-18(22-17-4-2-15(13-26)3-5-17)12-24(10-11-25)23-20(19)16-6-8-21-9-7-16/h2-9,12,22-23,25-26H,10-11,13H2,1H3. The van der Waals surface area contributed by atoms with Crippen molar-refractivity contribution in [2.75, 3.05) is 18.5 Å². The molecule has 7 heteroatoms. The number of nitrogens with zero attached hydrogens (tertiary/aromatic N) is 2. The summed E-state index contributed by atoms with van der Waals surface area (Å²) < 4.78 is 0. The minimum Gasteiger partial charge on any atom is -0.394 e. The fourth-order valence-corrected chi connectivity index (χ4v) is 2.85. The number of hydrogen-bond donors (Lipinski definition) is 4. The van der Waals surface area contributed by atoms with Crippen molar-refractivity contribution in [2.45, 2.75) is 13.5 Å². The quantitative estimate of drug-likeness (QED) is 0.591. The fraction of sp³-hybridized carbons (Fsp3) is 0.200. The lowest BCUT2D eigenvalue weighted by Crippen LogP contribution is -2.40. The van der Waals surface area contributed by atoms with Gasteiger partial charge in [0.1, 0.15) is 0 Å². The van der Waals surface area contributed by atoms with Gasteiger partial charge in [-0.15, -0.1) is 0 Å². The molecule has 0 bridgehead atoms. The van der Waals surface area contributed by atoms with Crippen LogP contribution in [0.1, 0.15) is 18.1 Å². The molecule has 0 fully saturated rings. The van der Waals surface area contributed by atoms with Gasteiger partial charge in [0, 0.05) is 29.8 Å². The number of benzene rings is 1. The second-order valence-electron chi connectivity index (χ2n) is 6.09. The number of rotatable bonds is 7. The predicted octanol–water partition coefficient (Wildman–Crippen LogP) is 1.64. The van der Waals surface area contributed by atoms with Gasteiger partial charge >= 0.3 is 0 Å². The Bertz CT molecular complexity index is 861. The molecule has 1 aromatic carbocycles. The second-order valence-corrected chi connectivity index (χ2v) is 6.09. The van der Waals surface area contributed by atoms with Gasteiger partial charge in [-0.25, -0.2) is 0 Å². The first-order valence-electron chi connectivity index (χ1n) is 8.61. The van der Waals surface area contributed by atoms with Crippen LogP contribution in [0.4, 0.5) is 5.69 Å². The molecule has 0 aliphatic carbocycles. The highest BCUT2D eigenvalue weighted by atomic mass is 16.3. The van der Waals surface area contributed by atoms with Crippen LogP contribution in [0.25, 0.3) is 5.70 Å². The van der Waals surface area contributed by atoms with Crippen molar-refractivity contribution in [3.8, 4) is 0 Å².